The van der Waals surface area contributed by atoms with Crippen LogP contribution in [-0.2, 0) is 6.54 Å². The third-order valence-electron chi connectivity index (χ3n) is 3.79. The lowest BCUT2D eigenvalue weighted by molar-refractivity contribution is 0.278. The van der Waals surface area contributed by atoms with Gasteiger partial charge in [-0.1, -0.05) is 48.4 Å². The van der Waals surface area contributed by atoms with Crippen LogP contribution in [0.4, 0.5) is 0 Å². The van der Waals surface area contributed by atoms with Crippen LogP contribution in [0.2, 0.25) is 0 Å². The molecule has 1 N–H and O–H groups in total. The summed E-state index contributed by atoms with van der Waals surface area (Å²) in [6.07, 6.45) is 8.18. The molecule has 0 aromatic heterocycles. The van der Waals surface area contributed by atoms with Gasteiger partial charge in [-0.05, 0) is 31.2 Å². The summed E-state index contributed by atoms with van der Waals surface area (Å²) in [6, 6.07) is 10.7. The first-order valence-electron chi connectivity index (χ1n) is 7.43. The van der Waals surface area contributed by atoms with E-state index in [9.17, 15) is 0 Å². The van der Waals surface area contributed by atoms with Crippen LogP contribution in [0.5, 0.6) is 0 Å². The van der Waals surface area contributed by atoms with E-state index >= 15 is 0 Å². The van der Waals surface area contributed by atoms with E-state index in [2.05, 4.69) is 41.3 Å². The minimum Gasteiger partial charge on any atom is -0.396 e. The topological polar surface area (TPSA) is 23.5 Å². The Morgan fingerprint density at radius 1 is 1.05 bits per heavy atom. The number of aliphatic hydroxyl groups excluding tert-OH is 1. The third kappa shape index (κ3) is 5.17. The zero-order valence-corrected chi connectivity index (χ0v) is 11.7. The van der Waals surface area contributed by atoms with Crippen molar-refractivity contribution in [2.24, 2.45) is 0 Å². The largest absolute Gasteiger partial charge is 0.396 e. The van der Waals surface area contributed by atoms with Gasteiger partial charge in [-0.25, -0.2) is 0 Å². The summed E-state index contributed by atoms with van der Waals surface area (Å²) in [5.41, 5.74) is 3.02. The van der Waals surface area contributed by atoms with Gasteiger partial charge < -0.3 is 5.11 Å². The van der Waals surface area contributed by atoms with Gasteiger partial charge in [0.25, 0.3) is 0 Å². The molecule has 0 amide bonds. The fraction of sp³-hybridized carbons (Fsp3) is 0.529. The molecule has 0 unspecified atom stereocenters. The minimum atomic E-state index is 0.337. The Bertz CT molecular complexity index is 386. The zero-order valence-electron chi connectivity index (χ0n) is 11.7. The van der Waals surface area contributed by atoms with Crippen molar-refractivity contribution in [3.63, 3.8) is 0 Å². The quantitative estimate of drug-likeness (QED) is 0.599. The van der Waals surface area contributed by atoms with Crippen molar-refractivity contribution in [2.75, 3.05) is 19.7 Å². The van der Waals surface area contributed by atoms with Gasteiger partial charge in [-0.2, -0.15) is 0 Å². The molecule has 2 heteroatoms. The fourth-order valence-electron chi connectivity index (χ4n) is 2.61. The van der Waals surface area contributed by atoms with Gasteiger partial charge in [0.15, 0.2) is 0 Å². The van der Waals surface area contributed by atoms with E-state index in [1.807, 2.05) is 0 Å². The fourth-order valence-corrected chi connectivity index (χ4v) is 2.61. The number of nitrogens with zero attached hydrogens (tertiary/aromatic N) is 1. The van der Waals surface area contributed by atoms with Crippen LogP contribution >= 0.6 is 0 Å². The van der Waals surface area contributed by atoms with Gasteiger partial charge in [0.1, 0.15) is 0 Å². The molecule has 2 rings (SSSR count). The van der Waals surface area contributed by atoms with Crippen molar-refractivity contribution in [1.29, 1.82) is 0 Å². The molecule has 0 fully saturated rings. The lowest BCUT2D eigenvalue weighted by Gasteiger charge is -2.26. The van der Waals surface area contributed by atoms with Crippen LogP contribution in [0, 0.1) is 0 Å². The van der Waals surface area contributed by atoms with E-state index in [1.165, 1.54) is 31.4 Å². The second-order valence-corrected chi connectivity index (χ2v) is 5.37. The van der Waals surface area contributed by atoms with E-state index in [1.54, 1.807) is 5.57 Å². The van der Waals surface area contributed by atoms with E-state index in [4.69, 9.17) is 5.11 Å². The van der Waals surface area contributed by atoms with Gasteiger partial charge >= 0.3 is 0 Å². The number of benzene rings is 1. The van der Waals surface area contributed by atoms with Gasteiger partial charge in [0.2, 0.25) is 0 Å². The summed E-state index contributed by atoms with van der Waals surface area (Å²) < 4.78 is 0. The second-order valence-electron chi connectivity index (χ2n) is 5.37. The van der Waals surface area contributed by atoms with Crippen LogP contribution < -0.4 is 0 Å². The molecule has 2 nitrogen and oxygen atoms in total. The highest BCUT2D eigenvalue weighted by Gasteiger charge is 2.11. The van der Waals surface area contributed by atoms with E-state index in [0.717, 1.165) is 25.9 Å². The molecule has 0 spiro atoms. The Morgan fingerprint density at radius 2 is 1.89 bits per heavy atom. The Morgan fingerprint density at radius 3 is 2.58 bits per heavy atom. The average Bonchev–Trinajstić information content (AvgIpc) is 2.46. The maximum atomic E-state index is 8.76. The number of aliphatic hydroxyl groups is 1. The van der Waals surface area contributed by atoms with Crippen LogP contribution in [0.15, 0.2) is 42.0 Å². The van der Waals surface area contributed by atoms with Gasteiger partial charge in [-0.3, -0.25) is 4.90 Å². The molecule has 1 aliphatic heterocycles. The first kappa shape index (κ1) is 14.3. The maximum absolute atomic E-state index is 8.76. The first-order valence-corrected chi connectivity index (χ1v) is 7.43. The van der Waals surface area contributed by atoms with Gasteiger partial charge in [-0.15, -0.1) is 0 Å². The molecule has 0 atom stereocenters. The van der Waals surface area contributed by atoms with Crippen molar-refractivity contribution in [3.05, 3.63) is 47.5 Å². The van der Waals surface area contributed by atoms with Gasteiger partial charge in [0.05, 0.1) is 0 Å². The maximum Gasteiger partial charge on any atom is 0.0431 e. The molecule has 0 aliphatic carbocycles. The Hall–Kier alpha value is -1.12. The van der Waals surface area contributed by atoms with Crippen molar-refractivity contribution in [3.8, 4) is 0 Å². The zero-order chi connectivity index (χ0) is 13.3. The number of rotatable bonds is 7. The smallest absolute Gasteiger partial charge is 0.0431 e. The van der Waals surface area contributed by atoms with E-state index in [0.29, 0.717) is 6.61 Å². The van der Waals surface area contributed by atoms with E-state index in [-0.39, 0.29) is 0 Å². The second kappa shape index (κ2) is 8.13. The molecule has 1 aromatic carbocycles. The first-order chi connectivity index (χ1) is 9.38. The number of hydrogen-bond donors (Lipinski definition) is 1. The summed E-state index contributed by atoms with van der Waals surface area (Å²) >= 11 is 0. The highest BCUT2D eigenvalue weighted by atomic mass is 16.2. The molecule has 1 aliphatic rings. The molecule has 1 heterocycles. The summed E-state index contributed by atoms with van der Waals surface area (Å²) in [4.78, 5) is 2.51. The Balaban J connectivity index is 1.70. The molecule has 0 saturated heterocycles. The van der Waals surface area contributed by atoms with Crippen LogP contribution in [-0.4, -0.2) is 29.7 Å². The minimum absolute atomic E-state index is 0.337. The van der Waals surface area contributed by atoms with Crippen molar-refractivity contribution in [2.45, 2.75) is 38.6 Å². The summed E-state index contributed by atoms with van der Waals surface area (Å²) in [7, 11) is 0. The predicted molar refractivity (Wildman–Crippen MR) is 80.0 cm³/mol. The van der Waals surface area contributed by atoms with Crippen molar-refractivity contribution in [1.82, 2.24) is 4.90 Å². The molecule has 1 aromatic rings. The predicted octanol–water partition coefficient (Wildman–Crippen LogP) is 3.37. The highest BCUT2D eigenvalue weighted by molar-refractivity contribution is 5.15. The number of hydrogen-bond acceptors (Lipinski definition) is 2. The summed E-state index contributed by atoms with van der Waals surface area (Å²) in [5.74, 6) is 0. The molecule has 0 radical (unpaired) electrons. The molecular formula is C17H25NO. The van der Waals surface area contributed by atoms with Crippen molar-refractivity contribution < 1.29 is 5.11 Å². The Labute approximate surface area is 116 Å². The summed E-state index contributed by atoms with van der Waals surface area (Å²) in [5, 5.41) is 8.76. The normalized spacial score (nSPS) is 16.4. The summed E-state index contributed by atoms with van der Waals surface area (Å²) in [6.45, 7) is 3.67. The average molecular weight is 259 g/mol. The Kier molecular flexibility index (Phi) is 6.12. The molecule has 0 saturated carbocycles. The molecule has 0 bridgehead atoms. The van der Waals surface area contributed by atoms with Crippen LogP contribution in [0.1, 0.15) is 37.7 Å². The molecular weight excluding hydrogens is 234 g/mol. The monoisotopic (exact) mass is 259 g/mol. The van der Waals surface area contributed by atoms with Crippen LogP contribution in [0.25, 0.3) is 0 Å². The van der Waals surface area contributed by atoms with Crippen LogP contribution in [0.3, 0.4) is 0 Å². The lowest BCUT2D eigenvalue weighted by Crippen LogP contribution is -2.28. The van der Waals surface area contributed by atoms with Gasteiger partial charge in [0, 0.05) is 26.2 Å². The highest BCUT2D eigenvalue weighted by Crippen LogP contribution is 2.18. The standard InChI is InChI=1S/C17H25NO/c19-14-6-2-5-7-16-10-12-18(13-11-16)15-17-8-3-1-4-9-17/h1,3-4,8-10,19H,2,5-7,11-15H2. The van der Waals surface area contributed by atoms with E-state index < -0.39 is 0 Å². The lowest BCUT2D eigenvalue weighted by atomic mass is 10.0. The SMILES string of the molecule is OCCCCCC1=CCN(Cc2ccccc2)CC1. The molecule has 104 valence electrons. The number of unbranched alkanes of at least 4 members (excludes halogenated alkanes) is 2. The molecule has 19 heavy (non-hydrogen) atoms. The van der Waals surface area contributed by atoms with Crippen molar-refractivity contribution >= 4 is 0 Å². The third-order valence-corrected chi connectivity index (χ3v) is 3.79.